The van der Waals surface area contributed by atoms with Crippen molar-refractivity contribution in [3.63, 3.8) is 0 Å². The Labute approximate surface area is 73.0 Å². The molecule has 0 spiro atoms. The van der Waals surface area contributed by atoms with Crippen molar-refractivity contribution in [3.8, 4) is 0 Å². The van der Waals surface area contributed by atoms with E-state index in [1.165, 1.54) is 0 Å². The maximum Gasteiger partial charge on any atom is 0.0675 e. The van der Waals surface area contributed by atoms with Crippen LogP contribution in [0.2, 0.25) is 0 Å². The molecule has 50 valence electrons. The van der Waals surface area contributed by atoms with Gasteiger partial charge in [-0.3, -0.25) is 0 Å². The molecule has 1 nitrogen and oxygen atoms in total. The van der Waals surface area contributed by atoms with Crippen LogP contribution in [0.1, 0.15) is 0 Å². The Hall–Kier alpha value is 1.18. The molecule has 0 radical (unpaired) electrons. The van der Waals surface area contributed by atoms with E-state index in [4.69, 9.17) is 0 Å². The van der Waals surface area contributed by atoms with Crippen molar-refractivity contribution in [1.82, 2.24) is 0 Å². The Balaban J connectivity index is -0.0000000800. The van der Waals surface area contributed by atoms with Gasteiger partial charge < -0.3 is 28.5 Å². The van der Waals surface area contributed by atoms with Gasteiger partial charge in [0.05, 0.1) is 28.2 Å². The maximum atomic E-state index is 2.12. The van der Waals surface area contributed by atoms with Crippen molar-refractivity contribution in [1.29, 1.82) is 0 Å². The topological polar surface area (TPSA) is 0 Å². The average molecular weight is 260 g/mol. The summed E-state index contributed by atoms with van der Waals surface area (Å²) in [5, 5.41) is 0. The van der Waals surface area contributed by atoms with Crippen LogP contribution in [0.4, 0.5) is 0 Å². The van der Waals surface area contributed by atoms with Crippen molar-refractivity contribution in [2.45, 2.75) is 0 Å². The molecule has 0 aliphatic heterocycles. The van der Waals surface area contributed by atoms with Crippen LogP contribution in [0.3, 0.4) is 0 Å². The summed E-state index contributed by atoms with van der Waals surface area (Å²) in [6, 6.07) is 0. The zero-order valence-electron chi connectivity index (χ0n) is 5.14. The second-order valence-electron chi connectivity index (χ2n) is 2.68. The normalized spacial score (nSPS) is 8.57. The molecule has 0 rings (SSSR count). The molecular weight excluding hydrogens is 248 g/mol. The van der Waals surface area contributed by atoms with E-state index in [1.54, 1.807) is 0 Å². The summed E-state index contributed by atoms with van der Waals surface area (Å²) in [6.45, 7) is 0. The van der Waals surface area contributed by atoms with Gasteiger partial charge in [-0.05, 0) is 0 Å². The molecule has 0 saturated heterocycles. The fourth-order valence-corrected chi connectivity index (χ4v) is 0. The standard InChI is InChI=1S/C4H12N.HI.Ni/c1-5(2,3)4;;/h1-4H3;1H;/q+1;;/p-1. The maximum absolute atomic E-state index is 2.12. The summed E-state index contributed by atoms with van der Waals surface area (Å²) in [7, 11) is 8.50. The van der Waals surface area contributed by atoms with Gasteiger partial charge in [-0.1, -0.05) is 0 Å². The second kappa shape index (κ2) is 5.32. The van der Waals surface area contributed by atoms with Crippen molar-refractivity contribution >= 4 is 0 Å². The van der Waals surface area contributed by atoms with E-state index in [1.807, 2.05) is 0 Å². The number of hydrogen-bond donors (Lipinski definition) is 0. The zero-order valence-corrected chi connectivity index (χ0v) is 8.29. The number of hydrogen-bond acceptors (Lipinski definition) is 0. The van der Waals surface area contributed by atoms with Crippen LogP contribution in [0.15, 0.2) is 0 Å². The minimum absolute atomic E-state index is 0. The monoisotopic (exact) mass is 259 g/mol. The van der Waals surface area contributed by atoms with Crippen LogP contribution in [-0.2, 0) is 16.5 Å². The van der Waals surface area contributed by atoms with Gasteiger partial charge in [0.15, 0.2) is 0 Å². The van der Waals surface area contributed by atoms with E-state index < -0.39 is 0 Å². The number of rotatable bonds is 0. The number of nitrogens with zero attached hydrogens (tertiary/aromatic N) is 1. The minimum Gasteiger partial charge on any atom is -1.00 e. The summed E-state index contributed by atoms with van der Waals surface area (Å²) in [5.74, 6) is 0. The van der Waals surface area contributed by atoms with Crippen LogP contribution in [-0.4, -0.2) is 32.7 Å². The van der Waals surface area contributed by atoms with Crippen LogP contribution in [0.5, 0.6) is 0 Å². The second-order valence-corrected chi connectivity index (χ2v) is 2.68. The molecule has 0 heterocycles. The number of halogens is 1. The van der Waals surface area contributed by atoms with Gasteiger partial charge in [0.1, 0.15) is 0 Å². The summed E-state index contributed by atoms with van der Waals surface area (Å²) >= 11 is 0. The van der Waals surface area contributed by atoms with Crippen LogP contribution < -0.4 is 24.0 Å². The molecular formula is C4H12INNi. The van der Waals surface area contributed by atoms with Crippen LogP contribution in [0.25, 0.3) is 0 Å². The summed E-state index contributed by atoms with van der Waals surface area (Å²) in [5.41, 5.74) is 0. The molecule has 0 N–H and O–H groups in total. The molecule has 0 bridgehead atoms. The third-order valence-corrected chi connectivity index (χ3v) is 0. The van der Waals surface area contributed by atoms with E-state index in [2.05, 4.69) is 28.2 Å². The molecule has 0 atom stereocenters. The van der Waals surface area contributed by atoms with Gasteiger partial charge in [0.2, 0.25) is 0 Å². The molecule has 0 amide bonds. The van der Waals surface area contributed by atoms with Crippen molar-refractivity contribution in [3.05, 3.63) is 0 Å². The molecule has 0 aliphatic carbocycles. The fraction of sp³-hybridized carbons (Fsp3) is 1.00. The molecule has 0 fully saturated rings. The Morgan fingerprint density at radius 3 is 0.857 bits per heavy atom. The Morgan fingerprint density at radius 1 is 0.857 bits per heavy atom. The van der Waals surface area contributed by atoms with E-state index in [0.717, 1.165) is 4.48 Å². The predicted molar refractivity (Wildman–Crippen MR) is 24.0 cm³/mol. The Morgan fingerprint density at radius 2 is 0.857 bits per heavy atom. The Kier molecular flexibility index (Phi) is 12.0. The molecule has 3 heteroatoms. The molecule has 0 aromatic carbocycles. The first-order valence-corrected chi connectivity index (χ1v) is 1.79. The first-order chi connectivity index (χ1) is 2.00. The summed E-state index contributed by atoms with van der Waals surface area (Å²) in [4.78, 5) is 0. The van der Waals surface area contributed by atoms with Crippen molar-refractivity contribution in [2.75, 3.05) is 28.2 Å². The van der Waals surface area contributed by atoms with Crippen molar-refractivity contribution < 1.29 is 45.0 Å². The smallest absolute Gasteiger partial charge is 0.0675 e. The fourth-order valence-electron chi connectivity index (χ4n) is 0. The molecule has 0 aromatic heterocycles. The predicted octanol–water partition coefficient (Wildman–Crippen LogP) is -2.68. The summed E-state index contributed by atoms with van der Waals surface area (Å²) in [6.07, 6.45) is 0. The first-order valence-electron chi connectivity index (χ1n) is 1.79. The van der Waals surface area contributed by atoms with Crippen LogP contribution >= 0.6 is 0 Å². The molecule has 0 aromatic rings. The first kappa shape index (κ1) is 15.7. The quantitative estimate of drug-likeness (QED) is 0.253. The van der Waals surface area contributed by atoms with Gasteiger partial charge in [-0.25, -0.2) is 0 Å². The molecule has 0 unspecified atom stereocenters. The van der Waals surface area contributed by atoms with Gasteiger partial charge in [-0.15, -0.1) is 0 Å². The van der Waals surface area contributed by atoms with Crippen molar-refractivity contribution in [2.24, 2.45) is 0 Å². The van der Waals surface area contributed by atoms with E-state index in [0.29, 0.717) is 0 Å². The van der Waals surface area contributed by atoms with E-state index >= 15 is 0 Å². The van der Waals surface area contributed by atoms with E-state index in [-0.39, 0.29) is 40.5 Å². The van der Waals surface area contributed by atoms with Gasteiger partial charge in [-0.2, -0.15) is 0 Å². The molecule has 0 saturated carbocycles. The molecule has 0 aliphatic rings. The Bertz CT molecular complexity index is 27.2. The third-order valence-electron chi connectivity index (χ3n) is 0. The zero-order chi connectivity index (χ0) is 4.50. The minimum atomic E-state index is 0. The number of quaternary nitrogens is 1. The van der Waals surface area contributed by atoms with Gasteiger partial charge >= 0.3 is 0 Å². The third kappa shape index (κ3) is 138. The van der Waals surface area contributed by atoms with Gasteiger partial charge in [0, 0.05) is 16.5 Å². The largest absolute Gasteiger partial charge is 1.00 e. The van der Waals surface area contributed by atoms with Crippen LogP contribution in [0, 0.1) is 0 Å². The molecule has 7 heavy (non-hydrogen) atoms. The van der Waals surface area contributed by atoms with E-state index in [9.17, 15) is 0 Å². The summed E-state index contributed by atoms with van der Waals surface area (Å²) < 4.78 is 1.00. The SMILES string of the molecule is C[N+](C)(C)C.[I-].[Ni]. The van der Waals surface area contributed by atoms with Gasteiger partial charge in [0.25, 0.3) is 0 Å². The average Bonchev–Trinajstić information content (AvgIpc) is 0.722.